The number of sulfonamides is 1. The monoisotopic (exact) mass is 199 g/mol. The molecule has 0 saturated carbocycles. The fourth-order valence-electron chi connectivity index (χ4n) is 0.892. The van der Waals surface area contributed by atoms with Gasteiger partial charge in [-0.1, -0.05) is 17.6 Å². The van der Waals surface area contributed by atoms with Crippen LogP contribution in [-0.4, -0.2) is 27.2 Å². The highest BCUT2D eigenvalue weighted by molar-refractivity contribution is 7.92. The van der Waals surface area contributed by atoms with Crippen LogP contribution in [0.2, 0.25) is 0 Å². The Labute approximate surface area is 77.9 Å². The van der Waals surface area contributed by atoms with Gasteiger partial charge in [0.2, 0.25) is 10.0 Å². The average Bonchev–Trinajstić information content (AvgIpc) is 2.03. The Balaban J connectivity index is 2.81. The lowest BCUT2D eigenvalue weighted by molar-refractivity contribution is 0.606. The highest BCUT2D eigenvalue weighted by atomic mass is 32.2. The minimum absolute atomic E-state index is 0.0425. The van der Waals surface area contributed by atoms with Crippen molar-refractivity contribution in [1.29, 1.82) is 0 Å². The maximum absolute atomic E-state index is 10.8. The quantitative estimate of drug-likeness (QED) is 0.615. The lowest BCUT2D eigenvalue weighted by Crippen LogP contribution is -2.14. The van der Waals surface area contributed by atoms with Gasteiger partial charge in [0.25, 0.3) is 0 Å². The van der Waals surface area contributed by atoms with Crippen LogP contribution in [-0.2, 0) is 10.0 Å². The molecule has 0 spiro atoms. The Bertz CT molecular complexity index is 373. The molecule has 0 atom stereocenters. The van der Waals surface area contributed by atoms with Gasteiger partial charge in [0.1, 0.15) is 0 Å². The van der Waals surface area contributed by atoms with E-state index in [1.165, 1.54) is 0 Å². The standard InChI is InChI=1S/C7H10BNO3S/c1-13(11,12)9-7-4-2-6(8-10)3-5-7/h2-5,8-10H,1H3. The van der Waals surface area contributed by atoms with Gasteiger partial charge >= 0.3 is 7.48 Å². The van der Waals surface area contributed by atoms with E-state index in [0.717, 1.165) is 11.7 Å². The SMILES string of the molecule is CS(=O)(=O)Nc1ccc(BO)cc1. The van der Waals surface area contributed by atoms with Crippen molar-refractivity contribution < 1.29 is 13.4 Å². The van der Waals surface area contributed by atoms with E-state index in [9.17, 15) is 8.42 Å². The topological polar surface area (TPSA) is 66.4 Å². The summed E-state index contributed by atoms with van der Waals surface area (Å²) in [5.41, 5.74) is 1.25. The van der Waals surface area contributed by atoms with Gasteiger partial charge in [-0.05, 0) is 12.1 Å². The van der Waals surface area contributed by atoms with Crippen LogP contribution >= 0.6 is 0 Å². The van der Waals surface area contributed by atoms with Gasteiger partial charge < -0.3 is 5.02 Å². The zero-order chi connectivity index (χ0) is 9.90. The first-order valence-corrected chi connectivity index (χ1v) is 5.58. The van der Waals surface area contributed by atoms with E-state index in [4.69, 9.17) is 5.02 Å². The molecule has 13 heavy (non-hydrogen) atoms. The van der Waals surface area contributed by atoms with E-state index in [1.807, 2.05) is 0 Å². The molecular weight excluding hydrogens is 189 g/mol. The fourth-order valence-corrected chi connectivity index (χ4v) is 1.46. The molecule has 0 amide bonds. The Kier molecular flexibility index (Phi) is 2.95. The molecule has 6 heteroatoms. The van der Waals surface area contributed by atoms with Crippen molar-refractivity contribution in [1.82, 2.24) is 0 Å². The number of hydrogen-bond acceptors (Lipinski definition) is 3. The molecule has 1 rings (SSSR count). The lowest BCUT2D eigenvalue weighted by Gasteiger charge is -2.03. The molecule has 0 aliphatic heterocycles. The summed E-state index contributed by atoms with van der Waals surface area (Å²) in [7, 11) is -3.25. The van der Waals surface area contributed by atoms with Crippen LogP contribution in [0, 0.1) is 0 Å². The highest BCUT2D eigenvalue weighted by Crippen LogP contribution is 2.05. The van der Waals surface area contributed by atoms with E-state index in [0.29, 0.717) is 5.69 Å². The van der Waals surface area contributed by atoms with E-state index >= 15 is 0 Å². The molecular formula is C7H10BNO3S. The molecule has 0 radical (unpaired) electrons. The maximum Gasteiger partial charge on any atom is 0.304 e. The van der Waals surface area contributed by atoms with Gasteiger partial charge in [-0.15, -0.1) is 0 Å². The van der Waals surface area contributed by atoms with Gasteiger partial charge in [-0.3, -0.25) is 4.72 Å². The minimum Gasteiger partial charge on any atom is -0.449 e. The summed E-state index contributed by atoms with van der Waals surface area (Å²) in [6, 6.07) is 6.53. The Morgan fingerprint density at radius 2 is 1.85 bits per heavy atom. The molecule has 0 aromatic heterocycles. The number of rotatable bonds is 3. The smallest absolute Gasteiger partial charge is 0.304 e. The maximum atomic E-state index is 10.8. The molecule has 4 nitrogen and oxygen atoms in total. The first-order valence-electron chi connectivity index (χ1n) is 3.69. The summed E-state index contributed by atoms with van der Waals surface area (Å²) in [5, 5.41) is 8.72. The Morgan fingerprint density at radius 1 is 1.31 bits per heavy atom. The van der Waals surface area contributed by atoms with Gasteiger partial charge in [0.05, 0.1) is 6.26 Å². The van der Waals surface area contributed by atoms with Gasteiger partial charge in [0, 0.05) is 5.69 Å². The van der Waals surface area contributed by atoms with E-state index in [1.54, 1.807) is 24.3 Å². The van der Waals surface area contributed by atoms with Crippen molar-refractivity contribution >= 4 is 28.7 Å². The van der Waals surface area contributed by atoms with Crippen LogP contribution < -0.4 is 10.2 Å². The lowest BCUT2D eigenvalue weighted by atomic mass is 9.89. The highest BCUT2D eigenvalue weighted by Gasteiger charge is 2.00. The minimum atomic E-state index is -3.21. The van der Waals surface area contributed by atoms with Crippen molar-refractivity contribution in [3.63, 3.8) is 0 Å². The third kappa shape index (κ3) is 3.48. The van der Waals surface area contributed by atoms with Crippen LogP contribution in [0.3, 0.4) is 0 Å². The third-order valence-corrected chi connectivity index (χ3v) is 2.05. The van der Waals surface area contributed by atoms with Crippen molar-refractivity contribution in [3.05, 3.63) is 24.3 Å². The zero-order valence-corrected chi connectivity index (χ0v) is 8.00. The molecule has 0 aliphatic carbocycles. The second kappa shape index (κ2) is 3.80. The van der Waals surface area contributed by atoms with Gasteiger partial charge in [0.15, 0.2) is 0 Å². The summed E-state index contributed by atoms with van der Waals surface area (Å²) in [4.78, 5) is 0. The van der Waals surface area contributed by atoms with E-state index in [2.05, 4.69) is 4.72 Å². The molecule has 0 heterocycles. The van der Waals surface area contributed by atoms with Crippen molar-refractivity contribution in [2.45, 2.75) is 0 Å². The first-order chi connectivity index (χ1) is 6.01. The van der Waals surface area contributed by atoms with Crippen LogP contribution in [0.15, 0.2) is 24.3 Å². The first kappa shape index (κ1) is 10.1. The molecule has 1 aromatic carbocycles. The third-order valence-electron chi connectivity index (χ3n) is 1.44. The van der Waals surface area contributed by atoms with Crippen molar-refractivity contribution in [3.8, 4) is 0 Å². The van der Waals surface area contributed by atoms with Crippen LogP contribution in [0.1, 0.15) is 0 Å². The summed E-state index contributed by atoms with van der Waals surface area (Å²) in [6.45, 7) is 0. The number of nitrogens with one attached hydrogen (secondary N) is 1. The normalized spacial score (nSPS) is 10.9. The van der Waals surface area contributed by atoms with Gasteiger partial charge in [-0.2, -0.15) is 0 Å². The molecule has 70 valence electrons. The molecule has 0 saturated heterocycles. The van der Waals surface area contributed by atoms with E-state index < -0.39 is 10.0 Å². The second-order valence-electron chi connectivity index (χ2n) is 2.73. The largest absolute Gasteiger partial charge is 0.449 e. The zero-order valence-electron chi connectivity index (χ0n) is 7.19. The predicted octanol–water partition coefficient (Wildman–Crippen LogP) is -0.973. The molecule has 0 aliphatic rings. The Morgan fingerprint density at radius 3 is 2.23 bits per heavy atom. The van der Waals surface area contributed by atoms with Crippen LogP contribution in [0.5, 0.6) is 0 Å². The van der Waals surface area contributed by atoms with Crippen molar-refractivity contribution in [2.24, 2.45) is 0 Å². The van der Waals surface area contributed by atoms with Gasteiger partial charge in [-0.25, -0.2) is 8.42 Å². The predicted molar refractivity (Wildman–Crippen MR) is 53.9 cm³/mol. The van der Waals surface area contributed by atoms with E-state index in [-0.39, 0.29) is 7.48 Å². The molecule has 0 unspecified atom stereocenters. The summed E-state index contributed by atoms with van der Waals surface area (Å²) in [5.74, 6) is 0. The number of anilines is 1. The number of benzene rings is 1. The average molecular weight is 199 g/mol. The molecule has 2 N–H and O–H groups in total. The van der Waals surface area contributed by atoms with Crippen molar-refractivity contribution in [2.75, 3.05) is 11.0 Å². The molecule has 0 fully saturated rings. The Hall–Kier alpha value is -1.01. The van der Waals surface area contributed by atoms with Crippen LogP contribution in [0.4, 0.5) is 5.69 Å². The second-order valence-corrected chi connectivity index (χ2v) is 4.48. The summed E-state index contributed by atoms with van der Waals surface area (Å²) in [6.07, 6.45) is 1.09. The summed E-state index contributed by atoms with van der Waals surface area (Å²) < 4.78 is 23.9. The number of hydrogen-bond donors (Lipinski definition) is 2. The molecule has 1 aromatic rings. The fraction of sp³-hybridized carbons (Fsp3) is 0.143. The van der Waals surface area contributed by atoms with Crippen LogP contribution in [0.25, 0.3) is 0 Å². The summed E-state index contributed by atoms with van der Waals surface area (Å²) >= 11 is 0. The molecule has 0 bridgehead atoms.